The number of carbonyl (C=O) groups excluding carboxylic acids is 1. The molecule has 5 fully saturated rings. The van der Waals surface area contributed by atoms with E-state index >= 15 is 0 Å². The van der Waals surface area contributed by atoms with Crippen LogP contribution in [0, 0.1) is 23.7 Å². The lowest BCUT2D eigenvalue weighted by atomic mass is 9.69. The van der Waals surface area contributed by atoms with Crippen molar-refractivity contribution in [3.63, 3.8) is 0 Å². The van der Waals surface area contributed by atoms with Gasteiger partial charge in [0.1, 0.15) is 11.3 Å². The van der Waals surface area contributed by atoms with Crippen LogP contribution in [0.1, 0.15) is 44.9 Å². The zero-order valence-electron chi connectivity index (χ0n) is 17.0. The van der Waals surface area contributed by atoms with E-state index in [9.17, 15) is 18.0 Å². The molecule has 3 heterocycles. The van der Waals surface area contributed by atoms with Gasteiger partial charge in [0.05, 0.1) is 0 Å². The minimum absolute atomic E-state index is 0.0743. The fraction of sp³-hybridized carbons (Fsp3) is 0.950. The molecule has 0 bridgehead atoms. The highest BCUT2D eigenvalue weighted by atomic mass is 32.2. The van der Waals surface area contributed by atoms with Gasteiger partial charge >= 0.3 is 6.18 Å². The Morgan fingerprint density at radius 1 is 1.07 bits per heavy atom. The number of hydrogen-bond donors (Lipinski definition) is 5. The second kappa shape index (κ2) is 8.42. The molecule has 8 atom stereocenters. The predicted octanol–water partition coefficient (Wildman–Crippen LogP) is 1.69. The fourth-order valence-electron chi connectivity index (χ4n) is 6.23. The first kappa shape index (κ1) is 21.3. The molecule has 5 N–H and O–H groups in total. The topological polar surface area (TPSA) is 77.2 Å². The first-order valence-electron chi connectivity index (χ1n) is 11.4. The molecular weight excluding hydrogens is 415 g/mol. The van der Waals surface area contributed by atoms with Gasteiger partial charge in [0.15, 0.2) is 0 Å². The van der Waals surface area contributed by atoms with Crippen LogP contribution < -0.4 is 26.2 Å². The van der Waals surface area contributed by atoms with Crippen molar-refractivity contribution < 1.29 is 18.0 Å². The summed E-state index contributed by atoms with van der Waals surface area (Å²) in [5, 5.41) is 5.31. The van der Waals surface area contributed by atoms with Crippen molar-refractivity contribution in [3.05, 3.63) is 0 Å². The number of fused-ring (bicyclic) bond motifs is 1. The van der Waals surface area contributed by atoms with Crippen molar-refractivity contribution in [3.8, 4) is 0 Å². The van der Waals surface area contributed by atoms with E-state index < -0.39 is 18.3 Å². The van der Waals surface area contributed by atoms with Crippen LogP contribution in [-0.2, 0) is 4.79 Å². The molecule has 8 unspecified atom stereocenters. The van der Waals surface area contributed by atoms with Crippen LogP contribution in [-0.4, -0.2) is 54.6 Å². The third kappa shape index (κ3) is 4.22. The average molecular weight is 448 g/mol. The number of nitrogens with one attached hydrogen (secondary N) is 5. The van der Waals surface area contributed by atoms with E-state index in [-0.39, 0.29) is 30.0 Å². The average Bonchev–Trinajstić information content (AvgIpc) is 3.26. The Hall–Kier alpha value is -0.550. The van der Waals surface area contributed by atoms with Crippen molar-refractivity contribution in [2.24, 2.45) is 23.7 Å². The van der Waals surface area contributed by atoms with E-state index in [0.717, 1.165) is 19.4 Å². The van der Waals surface area contributed by atoms with E-state index in [0.29, 0.717) is 36.3 Å². The van der Waals surface area contributed by atoms with Crippen LogP contribution in [0.25, 0.3) is 0 Å². The Labute approximate surface area is 179 Å². The molecule has 6 nitrogen and oxygen atoms in total. The Bertz CT molecular complexity index is 648. The normalized spacial score (nSPS) is 44.6. The monoisotopic (exact) mass is 447 g/mol. The van der Waals surface area contributed by atoms with Crippen LogP contribution in [0.5, 0.6) is 0 Å². The molecule has 30 heavy (non-hydrogen) atoms. The van der Waals surface area contributed by atoms with Crippen molar-refractivity contribution in [1.29, 1.82) is 0 Å². The minimum Gasteiger partial charge on any atom is -0.352 e. The van der Waals surface area contributed by atoms with E-state index in [1.165, 1.54) is 31.2 Å². The van der Waals surface area contributed by atoms with Gasteiger partial charge in [-0.15, -0.1) is 0 Å². The van der Waals surface area contributed by atoms with Crippen LogP contribution in [0.4, 0.5) is 13.2 Å². The molecule has 3 aliphatic heterocycles. The molecule has 0 aromatic heterocycles. The molecule has 2 aliphatic carbocycles. The standard InChI is InChI=1S/C20H32F3N5OS/c21-20(22,23)15-8-11(6-7-24-15)26-19(29)18-16(10-4-5-10)17(28-30-18)12-2-1-3-14-13(12)9-25-27-14/h10-18,24-25,27-28H,1-9H2,(H,26,29). The number of amides is 1. The maximum absolute atomic E-state index is 13.2. The summed E-state index contributed by atoms with van der Waals surface area (Å²) in [6.07, 6.45) is 2.10. The van der Waals surface area contributed by atoms with Crippen molar-refractivity contribution in [2.75, 3.05) is 13.1 Å². The number of carbonyl (C=O) groups is 1. The maximum Gasteiger partial charge on any atom is 0.403 e. The third-order valence-corrected chi connectivity index (χ3v) is 9.06. The highest BCUT2D eigenvalue weighted by Crippen LogP contribution is 2.51. The Morgan fingerprint density at radius 3 is 2.67 bits per heavy atom. The Balaban J connectivity index is 1.25. The Morgan fingerprint density at radius 2 is 1.90 bits per heavy atom. The second-order valence-corrected chi connectivity index (χ2v) is 10.7. The summed E-state index contributed by atoms with van der Waals surface area (Å²) in [6.45, 7) is 1.26. The number of rotatable bonds is 4. The zero-order valence-corrected chi connectivity index (χ0v) is 17.8. The molecule has 1 amide bonds. The third-order valence-electron chi connectivity index (χ3n) is 7.87. The molecule has 5 aliphatic rings. The molecule has 2 saturated carbocycles. The Kier molecular flexibility index (Phi) is 5.98. The lowest BCUT2D eigenvalue weighted by Gasteiger charge is -2.39. The van der Waals surface area contributed by atoms with Gasteiger partial charge in [0, 0.05) is 30.6 Å². The minimum atomic E-state index is -4.27. The molecular formula is C20H32F3N5OS. The van der Waals surface area contributed by atoms with Crippen LogP contribution in [0.15, 0.2) is 0 Å². The van der Waals surface area contributed by atoms with E-state index in [1.807, 2.05) is 0 Å². The summed E-state index contributed by atoms with van der Waals surface area (Å²) in [6, 6.07) is -1.12. The lowest BCUT2D eigenvalue weighted by Crippen LogP contribution is -2.55. The zero-order chi connectivity index (χ0) is 20.9. The van der Waals surface area contributed by atoms with Crippen molar-refractivity contribution in [1.82, 2.24) is 26.2 Å². The first-order chi connectivity index (χ1) is 14.4. The van der Waals surface area contributed by atoms with Crippen LogP contribution in [0.2, 0.25) is 0 Å². The molecule has 0 aromatic rings. The van der Waals surface area contributed by atoms with Gasteiger partial charge in [-0.25, -0.2) is 0 Å². The maximum atomic E-state index is 13.2. The summed E-state index contributed by atoms with van der Waals surface area (Å²) in [7, 11) is 0. The van der Waals surface area contributed by atoms with Crippen molar-refractivity contribution >= 4 is 17.9 Å². The molecule has 0 aromatic carbocycles. The molecule has 0 radical (unpaired) electrons. The van der Waals surface area contributed by atoms with Gasteiger partial charge < -0.3 is 10.6 Å². The summed E-state index contributed by atoms with van der Waals surface area (Å²) in [4.78, 5) is 13.2. The summed E-state index contributed by atoms with van der Waals surface area (Å²) in [5.41, 5.74) is 6.73. The quantitative estimate of drug-likeness (QED) is 0.423. The highest BCUT2D eigenvalue weighted by molar-refractivity contribution is 7.99. The molecule has 3 saturated heterocycles. The van der Waals surface area contributed by atoms with E-state index in [2.05, 4.69) is 26.2 Å². The van der Waals surface area contributed by atoms with Gasteiger partial charge in [-0.3, -0.25) is 20.4 Å². The summed E-state index contributed by atoms with van der Waals surface area (Å²) >= 11 is 1.52. The number of halogens is 3. The SMILES string of the molecule is O=C(NC1CCNC(C(F)(F)F)C1)C1SNC(C2CCCC3NNCC32)C1C1CC1. The highest BCUT2D eigenvalue weighted by Gasteiger charge is 2.54. The smallest absolute Gasteiger partial charge is 0.352 e. The predicted molar refractivity (Wildman–Crippen MR) is 109 cm³/mol. The molecule has 0 spiro atoms. The van der Waals surface area contributed by atoms with E-state index in [1.54, 1.807) is 0 Å². The van der Waals surface area contributed by atoms with Gasteiger partial charge in [0.25, 0.3) is 0 Å². The molecule has 170 valence electrons. The summed E-state index contributed by atoms with van der Waals surface area (Å²) < 4.78 is 42.9. The molecule has 10 heteroatoms. The number of hydrazine groups is 1. The van der Waals surface area contributed by atoms with Crippen molar-refractivity contribution in [2.45, 2.75) is 80.5 Å². The van der Waals surface area contributed by atoms with Gasteiger partial charge in [0.2, 0.25) is 5.91 Å². The van der Waals surface area contributed by atoms with Crippen LogP contribution in [0.3, 0.4) is 0 Å². The second-order valence-electron chi connectivity index (χ2n) is 9.77. The number of piperidine rings is 1. The largest absolute Gasteiger partial charge is 0.403 e. The summed E-state index contributed by atoms with van der Waals surface area (Å²) in [5.74, 6) is 1.88. The fourth-order valence-corrected chi connectivity index (χ4v) is 7.59. The van der Waals surface area contributed by atoms with E-state index in [4.69, 9.17) is 0 Å². The first-order valence-corrected chi connectivity index (χ1v) is 12.3. The van der Waals surface area contributed by atoms with Crippen LogP contribution >= 0.6 is 11.9 Å². The van der Waals surface area contributed by atoms with Gasteiger partial charge in [-0.1, -0.05) is 18.4 Å². The van der Waals surface area contributed by atoms with Gasteiger partial charge in [-0.2, -0.15) is 13.2 Å². The lowest BCUT2D eigenvalue weighted by molar-refractivity contribution is -0.162. The van der Waals surface area contributed by atoms with Gasteiger partial charge in [-0.05, 0) is 62.8 Å². The molecule has 5 rings (SSSR count). The number of alkyl halides is 3. The number of hydrogen-bond acceptors (Lipinski definition) is 6.